The summed E-state index contributed by atoms with van der Waals surface area (Å²) in [6, 6.07) is 15.2. The van der Waals surface area contributed by atoms with Gasteiger partial charge in [-0.3, -0.25) is 14.7 Å². The van der Waals surface area contributed by atoms with Crippen molar-refractivity contribution in [3.05, 3.63) is 66.0 Å². The van der Waals surface area contributed by atoms with E-state index in [4.69, 9.17) is 4.74 Å². The average molecular weight is 380 g/mol. The van der Waals surface area contributed by atoms with E-state index >= 15 is 0 Å². The summed E-state index contributed by atoms with van der Waals surface area (Å²) >= 11 is 0. The first-order valence-electron chi connectivity index (χ1n) is 10.3. The fourth-order valence-electron chi connectivity index (χ4n) is 4.53. The number of methoxy groups -OCH3 is 1. The van der Waals surface area contributed by atoms with Crippen LogP contribution in [0, 0.1) is 0 Å². The van der Waals surface area contributed by atoms with E-state index < -0.39 is 0 Å². The molecule has 0 aliphatic carbocycles. The van der Waals surface area contributed by atoms with Gasteiger partial charge in [-0.2, -0.15) is 0 Å². The molecule has 0 radical (unpaired) electrons. The molecule has 0 N–H and O–H groups in total. The van der Waals surface area contributed by atoms with Gasteiger partial charge in [0, 0.05) is 51.6 Å². The van der Waals surface area contributed by atoms with Crippen LogP contribution in [-0.4, -0.2) is 59.6 Å². The Morgan fingerprint density at radius 3 is 2.61 bits per heavy atom. The summed E-state index contributed by atoms with van der Waals surface area (Å²) in [5.41, 5.74) is 2.46. The molecule has 1 aromatic heterocycles. The molecule has 0 bridgehead atoms. The summed E-state index contributed by atoms with van der Waals surface area (Å²) < 4.78 is 5.67. The number of carbonyl (C=O) groups excluding carboxylic acids is 1. The summed E-state index contributed by atoms with van der Waals surface area (Å²) in [7, 11) is 1.79. The SMILES string of the molecule is CO[C@H]1CN(C2CCN(C(=O)CCc3ccccc3)CC2)[C@H]1c1cccnc1. The van der Waals surface area contributed by atoms with E-state index in [9.17, 15) is 4.79 Å². The van der Waals surface area contributed by atoms with Crippen LogP contribution in [0.5, 0.6) is 0 Å². The lowest BCUT2D eigenvalue weighted by atomic mass is 9.87. The third-order valence-corrected chi connectivity index (χ3v) is 6.19. The van der Waals surface area contributed by atoms with E-state index in [0.717, 1.165) is 38.9 Å². The smallest absolute Gasteiger partial charge is 0.222 e. The van der Waals surface area contributed by atoms with Crippen molar-refractivity contribution in [1.29, 1.82) is 0 Å². The number of amides is 1. The van der Waals surface area contributed by atoms with Crippen LogP contribution in [-0.2, 0) is 16.0 Å². The number of hydrogen-bond acceptors (Lipinski definition) is 4. The number of benzene rings is 1. The third kappa shape index (κ3) is 4.10. The summed E-state index contributed by atoms with van der Waals surface area (Å²) in [5.74, 6) is 0.282. The number of ether oxygens (including phenoxy) is 1. The Labute approximate surface area is 167 Å². The first-order valence-corrected chi connectivity index (χ1v) is 10.3. The van der Waals surface area contributed by atoms with Gasteiger partial charge < -0.3 is 9.64 Å². The van der Waals surface area contributed by atoms with Gasteiger partial charge in [0.15, 0.2) is 0 Å². The molecular weight excluding hydrogens is 350 g/mol. The molecule has 2 saturated heterocycles. The second kappa shape index (κ2) is 8.84. The van der Waals surface area contributed by atoms with Crippen LogP contribution in [0.1, 0.15) is 36.4 Å². The topological polar surface area (TPSA) is 45.7 Å². The Hall–Kier alpha value is -2.24. The molecule has 0 saturated carbocycles. The van der Waals surface area contributed by atoms with Crippen LogP contribution in [0.25, 0.3) is 0 Å². The van der Waals surface area contributed by atoms with Gasteiger partial charge in [-0.15, -0.1) is 0 Å². The minimum atomic E-state index is 0.231. The van der Waals surface area contributed by atoms with Gasteiger partial charge in [0.2, 0.25) is 5.91 Å². The standard InChI is InChI=1S/C23H29N3O2/c1-28-21-17-26(23(21)19-8-5-13-24-16-19)20-11-14-25(15-12-20)22(27)10-9-18-6-3-2-4-7-18/h2-8,13,16,20-21,23H,9-12,14-15,17H2,1H3/t21-,23-/m0/s1. The van der Waals surface area contributed by atoms with Crippen molar-refractivity contribution >= 4 is 5.91 Å². The number of nitrogens with zero attached hydrogens (tertiary/aromatic N) is 3. The Morgan fingerprint density at radius 2 is 1.93 bits per heavy atom. The average Bonchev–Trinajstić information content (AvgIpc) is 2.74. The Kier molecular flexibility index (Phi) is 6.03. The number of pyridine rings is 1. The molecule has 5 nitrogen and oxygen atoms in total. The lowest BCUT2D eigenvalue weighted by Crippen LogP contribution is -2.60. The van der Waals surface area contributed by atoms with Gasteiger partial charge in [-0.1, -0.05) is 36.4 Å². The van der Waals surface area contributed by atoms with Gasteiger partial charge in [0.25, 0.3) is 0 Å². The molecule has 1 aromatic carbocycles. The van der Waals surface area contributed by atoms with Crippen LogP contribution < -0.4 is 0 Å². The zero-order chi connectivity index (χ0) is 19.3. The number of likely N-dealkylation sites (tertiary alicyclic amines) is 2. The predicted molar refractivity (Wildman–Crippen MR) is 109 cm³/mol. The number of hydrogen-bond donors (Lipinski definition) is 0. The number of aromatic nitrogens is 1. The Morgan fingerprint density at radius 1 is 1.14 bits per heavy atom. The van der Waals surface area contributed by atoms with Crippen molar-refractivity contribution in [3.63, 3.8) is 0 Å². The minimum Gasteiger partial charge on any atom is -0.378 e. The third-order valence-electron chi connectivity index (χ3n) is 6.19. The predicted octanol–water partition coefficient (Wildman–Crippen LogP) is 3.08. The molecule has 4 rings (SSSR count). The van der Waals surface area contributed by atoms with Crippen molar-refractivity contribution in [3.8, 4) is 0 Å². The number of carbonyl (C=O) groups is 1. The quantitative estimate of drug-likeness (QED) is 0.774. The number of aryl methyl sites for hydroxylation is 1. The lowest BCUT2D eigenvalue weighted by Gasteiger charge is -2.53. The van der Waals surface area contributed by atoms with E-state index in [2.05, 4.69) is 28.1 Å². The minimum absolute atomic E-state index is 0.231. The van der Waals surface area contributed by atoms with Crippen molar-refractivity contribution in [2.24, 2.45) is 0 Å². The highest BCUT2D eigenvalue weighted by molar-refractivity contribution is 5.76. The molecule has 148 valence electrons. The van der Waals surface area contributed by atoms with Crippen LogP contribution in [0.15, 0.2) is 54.9 Å². The molecule has 2 aromatic rings. The number of piperidine rings is 1. The monoisotopic (exact) mass is 379 g/mol. The van der Waals surface area contributed by atoms with Gasteiger partial charge in [-0.05, 0) is 36.5 Å². The maximum atomic E-state index is 12.6. The lowest BCUT2D eigenvalue weighted by molar-refractivity contribution is -0.137. The summed E-state index contributed by atoms with van der Waals surface area (Å²) in [6.45, 7) is 2.67. The molecule has 2 fully saturated rings. The van der Waals surface area contributed by atoms with Crippen LogP contribution in [0.4, 0.5) is 0 Å². The fourth-order valence-corrected chi connectivity index (χ4v) is 4.53. The highest BCUT2D eigenvalue weighted by Crippen LogP contribution is 2.39. The first kappa shape index (κ1) is 19.1. The molecular formula is C23H29N3O2. The molecule has 5 heteroatoms. The van der Waals surface area contributed by atoms with E-state index in [1.807, 2.05) is 41.6 Å². The second-order valence-corrected chi connectivity index (χ2v) is 7.80. The van der Waals surface area contributed by atoms with E-state index in [1.54, 1.807) is 7.11 Å². The molecule has 2 atom stereocenters. The highest BCUT2D eigenvalue weighted by atomic mass is 16.5. The highest BCUT2D eigenvalue weighted by Gasteiger charge is 2.44. The van der Waals surface area contributed by atoms with Crippen LogP contribution in [0.2, 0.25) is 0 Å². The zero-order valence-electron chi connectivity index (χ0n) is 16.5. The summed E-state index contributed by atoms with van der Waals surface area (Å²) in [4.78, 5) is 21.5. The largest absolute Gasteiger partial charge is 0.378 e. The Balaban J connectivity index is 1.29. The van der Waals surface area contributed by atoms with Gasteiger partial charge in [-0.25, -0.2) is 0 Å². The van der Waals surface area contributed by atoms with Gasteiger partial charge in [0.1, 0.15) is 0 Å². The molecule has 28 heavy (non-hydrogen) atoms. The maximum Gasteiger partial charge on any atom is 0.222 e. The maximum absolute atomic E-state index is 12.6. The molecule has 2 aliphatic rings. The van der Waals surface area contributed by atoms with Crippen molar-refractivity contribution in [2.45, 2.75) is 43.9 Å². The van der Waals surface area contributed by atoms with Gasteiger partial charge in [0.05, 0.1) is 12.1 Å². The molecule has 1 amide bonds. The van der Waals surface area contributed by atoms with E-state index in [1.165, 1.54) is 11.1 Å². The molecule has 0 spiro atoms. The molecule has 0 unspecified atom stereocenters. The second-order valence-electron chi connectivity index (χ2n) is 7.80. The summed E-state index contributed by atoms with van der Waals surface area (Å²) in [5, 5.41) is 0. The van der Waals surface area contributed by atoms with Gasteiger partial charge >= 0.3 is 0 Å². The summed E-state index contributed by atoms with van der Waals surface area (Å²) in [6.07, 6.45) is 7.48. The normalized spacial score (nSPS) is 23.4. The Bertz CT molecular complexity index is 760. The van der Waals surface area contributed by atoms with Crippen molar-refractivity contribution in [2.75, 3.05) is 26.7 Å². The van der Waals surface area contributed by atoms with E-state index in [0.29, 0.717) is 12.5 Å². The van der Waals surface area contributed by atoms with Crippen LogP contribution >= 0.6 is 0 Å². The first-order chi connectivity index (χ1) is 13.8. The van der Waals surface area contributed by atoms with Crippen molar-refractivity contribution < 1.29 is 9.53 Å². The van der Waals surface area contributed by atoms with Crippen LogP contribution in [0.3, 0.4) is 0 Å². The molecule has 2 aliphatic heterocycles. The number of rotatable bonds is 6. The van der Waals surface area contributed by atoms with E-state index in [-0.39, 0.29) is 18.1 Å². The fraction of sp³-hybridized carbons (Fsp3) is 0.478. The molecule has 3 heterocycles. The zero-order valence-corrected chi connectivity index (χ0v) is 16.5. The van der Waals surface area contributed by atoms with Crippen molar-refractivity contribution in [1.82, 2.24) is 14.8 Å².